The maximum atomic E-state index is 10.8. The summed E-state index contributed by atoms with van der Waals surface area (Å²) in [5.41, 5.74) is 1.63. The molecule has 1 heterocycles. The molecule has 2 N–H and O–H groups in total. The Morgan fingerprint density at radius 3 is 2.77 bits per heavy atom. The van der Waals surface area contributed by atoms with Crippen LogP contribution < -0.4 is 5.32 Å². The molecule has 1 atom stereocenters. The van der Waals surface area contributed by atoms with E-state index in [4.69, 9.17) is 5.11 Å². The summed E-state index contributed by atoms with van der Waals surface area (Å²) in [7, 11) is 0. The number of nitrogens with one attached hydrogen (secondary N) is 1. The van der Waals surface area contributed by atoms with Gasteiger partial charge in [0.25, 0.3) is 0 Å². The van der Waals surface area contributed by atoms with Crippen molar-refractivity contribution in [3.05, 3.63) is 16.6 Å². The number of hydrogen-bond acceptors (Lipinski definition) is 4. The van der Waals surface area contributed by atoms with Crippen molar-refractivity contribution in [2.45, 2.75) is 25.9 Å². The zero-order valence-electron chi connectivity index (χ0n) is 7.52. The smallest absolute Gasteiger partial charge is 0.326 e. The van der Waals surface area contributed by atoms with E-state index in [9.17, 15) is 4.79 Å². The molecule has 0 aromatic carbocycles. The number of carbonyl (C=O) groups is 1. The van der Waals surface area contributed by atoms with Crippen LogP contribution in [-0.4, -0.2) is 22.1 Å². The van der Waals surface area contributed by atoms with Gasteiger partial charge in [0.2, 0.25) is 0 Å². The summed E-state index contributed by atoms with van der Waals surface area (Å²) in [5, 5.41) is 11.9. The van der Waals surface area contributed by atoms with Crippen molar-refractivity contribution in [1.29, 1.82) is 0 Å². The topological polar surface area (TPSA) is 62.2 Å². The number of carboxylic acid groups (broad SMARTS) is 1. The molecule has 0 amide bonds. The summed E-state index contributed by atoms with van der Waals surface area (Å²) >= 11 is 1.35. The highest BCUT2D eigenvalue weighted by Crippen LogP contribution is 2.17. The van der Waals surface area contributed by atoms with Gasteiger partial charge in [-0.3, -0.25) is 15.1 Å². The molecule has 0 aliphatic carbocycles. The summed E-state index contributed by atoms with van der Waals surface area (Å²) in [6, 6.07) is -0.490. The first-order valence-electron chi connectivity index (χ1n) is 3.98. The van der Waals surface area contributed by atoms with E-state index in [1.807, 2.05) is 13.8 Å². The Morgan fingerprint density at radius 2 is 2.38 bits per heavy atom. The molecule has 0 saturated carbocycles. The zero-order valence-corrected chi connectivity index (χ0v) is 8.34. The average Bonchev–Trinajstić information content (AvgIpc) is 2.50. The number of hydrogen-bond donors (Lipinski definition) is 2. The Morgan fingerprint density at radius 1 is 1.69 bits per heavy atom. The summed E-state index contributed by atoms with van der Waals surface area (Å²) in [6.07, 6.45) is 1.58. The second-order valence-corrected chi connectivity index (χ2v) is 3.91. The number of aromatic nitrogens is 1. The molecule has 13 heavy (non-hydrogen) atoms. The summed E-state index contributed by atoms with van der Waals surface area (Å²) in [5.74, 6) is -0.863. The van der Waals surface area contributed by atoms with E-state index in [-0.39, 0.29) is 6.04 Å². The number of nitrogens with zero attached hydrogens (tertiary/aromatic N) is 1. The number of thiazole rings is 1. The van der Waals surface area contributed by atoms with E-state index in [1.54, 1.807) is 11.7 Å². The molecule has 1 aromatic heterocycles. The first-order valence-corrected chi connectivity index (χ1v) is 4.86. The van der Waals surface area contributed by atoms with E-state index in [0.717, 1.165) is 4.88 Å². The van der Waals surface area contributed by atoms with Gasteiger partial charge in [-0.1, -0.05) is 0 Å². The quantitative estimate of drug-likeness (QED) is 0.768. The van der Waals surface area contributed by atoms with Crippen molar-refractivity contribution in [1.82, 2.24) is 10.3 Å². The summed E-state index contributed by atoms with van der Waals surface area (Å²) in [4.78, 5) is 15.4. The van der Waals surface area contributed by atoms with Gasteiger partial charge in [0.05, 0.1) is 10.4 Å². The molecule has 1 rings (SSSR count). The van der Waals surface area contributed by atoms with Crippen LogP contribution in [0.15, 0.2) is 11.7 Å². The standard InChI is InChI=1S/C8H12N2O2S/c1-5(2)10-7(8(11)12)6-3-9-4-13-6/h3-5,7,10H,1-2H3,(H,11,12). The second-order valence-electron chi connectivity index (χ2n) is 3.00. The lowest BCUT2D eigenvalue weighted by Gasteiger charge is -2.14. The molecule has 0 spiro atoms. The molecule has 0 aliphatic heterocycles. The zero-order chi connectivity index (χ0) is 9.84. The Hall–Kier alpha value is -0.940. The van der Waals surface area contributed by atoms with Crippen molar-refractivity contribution in [3.8, 4) is 0 Å². The first kappa shape index (κ1) is 10.1. The monoisotopic (exact) mass is 200 g/mol. The Labute approximate surface area is 80.6 Å². The molecule has 0 fully saturated rings. The molecule has 72 valence electrons. The highest BCUT2D eigenvalue weighted by Gasteiger charge is 2.21. The van der Waals surface area contributed by atoms with Crippen LogP contribution in [0.4, 0.5) is 0 Å². The molecule has 0 saturated heterocycles. The van der Waals surface area contributed by atoms with Crippen LogP contribution in [0.1, 0.15) is 24.8 Å². The molecule has 5 heteroatoms. The fourth-order valence-corrected chi connectivity index (χ4v) is 1.65. The van der Waals surface area contributed by atoms with E-state index >= 15 is 0 Å². The van der Waals surface area contributed by atoms with Gasteiger partial charge in [-0.2, -0.15) is 0 Å². The molecular weight excluding hydrogens is 188 g/mol. The third-order valence-corrected chi connectivity index (χ3v) is 2.32. The van der Waals surface area contributed by atoms with Crippen molar-refractivity contribution in [2.75, 3.05) is 0 Å². The largest absolute Gasteiger partial charge is 0.480 e. The third-order valence-electron chi connectivity index (χ3n) is 1.48. The number of rotatable bonds is 4. The van der Waals surface area contributed by atoms with Crippen LogP contribution >= 0.6 is 11.3 Å². The van der Waals surface area contributed by atoms with Crippen LogP contribution in [0.3, 0.4) is 0 Å². The normalized spacial score (nSPS) is 13.2. The van der Waals surface area contributed by atoms with Gasteiger partial charge in [-0.05, 0) is 13.8 Å². The Balaban J connectivity index is 2.75. The van der Waals surface area contributed by atoms with E-state index in [2.05, 4.69) is 10.3 Å². The van der Waals surface area contributed by atoms with Crippen molar-refractivity contribution in [2.24, 2.45) is 0 Å². The fourth-order valence-electron chi connectivity index (χ4n) is 0.977. The van der Waals surface area contributed by atoms with E-state index in [0.29, 0.717) is 0 Å². The van der Waals surface area contributed by atoms with Gasteiger partial charge in [0.1, 0.15) is 6.04 Å². The van der Waals surface area contributed by atoms with Gasteiger partial charge < -0.3 is 5.11 Å². The molecule has 1 unspecified atom stereocenters. The van der Waals surface area contributed by atoms with Gasteiger partial charge in [-0.25, -0.2) is 0 Å². The van der Waals surface area contributed by atoms with Crippen molar-refractivity contribution in [3.63, 3.8) is 0 Å². The van der Waals surface area contributed by atoms with Gasteiger partial charge in [0, 0.05) is 12.2 Å². The highest BCUT2D eigenvalue weighted by atomic mass is 32.1. The average molecular weight is 200 g/mol. The minimum absolute atomic E-state index is 0.142. The molecule has 1 aromatic rings. The summed E-state index contributed by atoms with van der Waals surface area (Å²) in [6.45, 7) is 3.83. The Kier molecular flexibility index (Phi) is 3.39. The third kappa shape index (κ3) is 2.78. The molecule has 4 nitrogen and oxygen atoms in total. The van der Waals surface area contributed by atoms with Crippen molar-refractivity contribution < 1.29 is 9.90 Å². The summed E-state index contributed by atoms with van der Waals surface area (Å²) < 4.78 is 0. The molecular formula is C8H12N2O2S. The first-order chi connectivity index (χ1) is 6.11. The maximum Gasteiger partial charge on any atom is 0.326 e. The molecule has 0 aliphatic rings. The van der Waals surface area contributed by atoms with Crippen LogP contribution in [0, 0.1) is 0 Å². The van der Waals surface area contributed by atoms with Crippen LogP contribution in [0.5, 0.6) is 0 Å². The van der Waals surface area contributed by atoms with E-state index < -0.39 is 12.0 Å². The van der Waals surface area contributed by atoms with Gasteiger partial charge in [0.15, 0.2) is 0 Å². The van der Waals surface area contributed by atoms with E-state index in [1.165, 1.54) is 11.3 Å². The van der Waals surface area contributed by atoms with Gasteiger partial charge in [-0.15, -0.1) is 11.3 Å². The van der Waals surface area contributed by atoms with Crippen LogP contribution in [0.2, 0.25) is 0 Å². The van der Waals surface area contributed by atoms with Crippen molar-refractivity contribution >= 4 is 17.3 Å². The van der Waals surface area contributed by atoms with Crippen LogP contribution in [0.25, 0.3) is 0 Å². The predicted octanol–water partition coefficient (Wildman–Crippen LogP) is 1.27. The minimum atomic E-state index is -0.863. The van der Waals surface area contributed by atoms with Gasteiger partial charge >= 0.3 is 5.97 Å². The lowest BCUT2D eigenvalue weighted by molar-refractivity contribution is -0.139. The maximum absolute atomic E-state index is 10.8. The lowest BCUT2D eigenvalue weighted by Crippen LogP contribution is -2.32. The second kappa shape index (κ2) is 4.34. The minimum Gasteiger partial charge on any atom is -0.480 e. The predicted molar refractivity (Wildman–Crippen MR) is 50.8 cm³/mol. The molecule has 0 radical (unpaired) electrons. The Bertz CT molecular complexity index is 272. The SMILES string of the molecule is CC(C)NC(C(=O)O)c1cncs1. The molecule has 0 bridgehead atoms. The number of carboxylic acids is 1. The lowest BCUT2D eigenvalue weighted by atomic mass is 10.2. The number of aliphatic carboxylic acids is 1. The van der Waals surface area contributed by atoms with Crippen LogP contribution in [-0.2, 0) is 4.79 Å². The fraction of sp³-hybridized carbons (Fsp3) is 0.500. The highest BCUT2D eigenvalue weighted by molar-refractivity contribution is 7.09.